The molecule has 1 atom stereocenters. The van der Waals surface area contributed by atoms with Crippen LogP contribution in [0.4, 0.5) is 5.69 Å². The van der Waals surface area contributed by atoms with Crippen molar-refractivity contribution in [1.82, 2.24) is 0 Å². The number of rotatable bonds is 4. The first-order valence-electron chi connectivity index (χ1n) is 5.48. The van der Waals surface area contributed by atoms with Gasteiger partial charge in [-0.1, -0.05) is 29.9 Å². The third-order valence-electron chi connectivity index (χ3n) is 2.60. The van der Waals surface area contributed by atoms with Crippen molar-refractivity contribution in [2.24, 2.45) is 5.73 Å². The second-order valence-corrected chi connectivity index (χ2v) is 4.76. The number of benzene rings is 1. The zero-order chi connectivity index (χ0) is 13.1. The van der Waals surface area contributed by atoms with Crippen molar-refractivity contribution < 1.29 is 4.42 Å². The number of nitrogens with one attached hydrogen (secondary N) is 1. The van der Waals surface area contributed by atoms with Crippen LogP contribution in [0.5, 0.6) is 0 Å². The Morgan fingerprint density at radius 2 is 2.17 bits per heavy atom. The summed E-state index contributed by atoms with van der Waals surface area (Å²) < 4.78 is 5.34. The van der Waals surface area contributed by atoms with Crippen LogP contribution in [0.2, 0.25) is 5.02 Å². The summed E-state index contributed by atoms with van der Waals surface area (Å²) in [6.45, 7) is 1.99. The Morgan fingerprint density at radius 3 is 2.78 bits per heavy atom. The van der Waals surface area contributed by atoms with Gasteiger partial charge < -0.3 is 15.5 Å². The second-order valence-electron chi connectivity index (χ2n) is 3.91. The number of thiocarbonyl (C=S) groups is 1. The summed E-state index contributed by atoms with van der Waals surface area (Å²) in [6.07, 6.45) is 1.64. The molecule has 1 heterocycles. The zero-order valence-electron chi connectivity index (χ0n) is 9.81. The van der Waals surface area contributed by atoms with E-state index in [-0.39, 0.29) is 11.0 Å². The molecule has 2 rings (SSSR count). The predicted octanol–water partition coefficient (Wildman–Crippen LogP) is 3.74. The smallest absolute Gasteiger partial charge is 0.125 e. The summed E-state index contributed by atoms with van der Waals surface area (Å²) in [5.74, 6) is 0.837. The maximum Gasteiger partial charge on any atom is 0.125 e. The minimum atomic E-state index is 0.00608. The Labute approximate surface area is 116 Å². The van der Waals surface area contributed by atoms with Crippen molar-refractivity contribution in [3.63, 3.8) is 0 Å². The van der Waals surface area contributed by atoms with Gasteiger partial charge in [-0.05, 0) is 31.2 Å². The van der Waals surface area contributed by atoms with Crippen LogP contribution in [0.3, 0.4) is 0 Å². The quantitative estimate of drug-likeness (QED) is 0.838. The fourth-order valence-electron chi connectivity index (χ4n) is 1.74. The van der Waals surface area contributed by atoms with E-state index >= 15 is 0 Å². The molecule has 94 valence electrons. The monoisotopic (exact) mass is 280 g/mol. The lowest BCUT2D eigenvalue weighted by Gasteiger charge is -2.16. The maximum atomic E-state index is 6.10. The van der Waals surface area contributed by atoms with E-state index in [1.165, 1.54) is 0 Å². The molecule has 0 bridgehead atoms. The van der Waals surface area contributed by atoms with E-state index < -0.39 is 0 Å². The van der Waals surface area contributed by atoms with Gasteiger partial charge in [-0.3, -0.25) is 0 Å². The Morgan fingerprint density at radius 1 is 1.39 bits per heavy atom. The van der Waals surface area contributed by atoms with E-state index in [1.54, 1.807) is 12.3 Å². The summed E-state index contributed by atoms with van der Waals surface area (Å²) in [5.41, 5.74) is 7.16. The van der Waals surface area contributed by atoms with Gasteiger partial charge in [0.1, 0.15) is 10.7 Å². The number of hydrogen-bond donors (Lipinski definition) is 2. The van der Waals surface area contributed by atoms with Gasteiger partial charge in [-0.2, -0.15) is 0 Å². The molecule has 0 aliphatic rings. The molecule has 0 fully saturated rings. The lowest BCUT2D eigenvalue weighted by atomic mass is 10.1. The summed E-state index contributed by atoms with van der Waals surface area (Å²) in [6, 6.07) is 9.26. The standard InChI is InChI=1S/C13H13ClN2OS/c1-8(11-6-3-7-17-11)16-10-5-2-4-9(14)12(10)13(15)18/h2-8,16H,1H3,(H2,15,18). The van der Waals surface area contributed by atoms with Gasteiger partial charge in [0, 0.05) is 5.69 Å². The average molecular weight is 281 g/mol. The first kappa shape index (κ1) is 12.9. The molecular formula is C13H13ClN2OS. The summed E-state index contributed by atoms with van der Waals surface area (Å²) >= 11 is 11.1. The Kier molecular flexibility index (Phi) is 3.89. The Bertz CT molecular complexity index is 554. The SMILES string of the molecule is CC(Nc1cccc(Cl)c1C(N)=S)c1ccco1. The predicted molar refractivity (Wildman–Crippen MR) is 78.1 cm³/mol. The molecule has 5 heteroatoms. The number of halogens is 1. The molecule has 0 saturated carbocycles. The average Bonchev–Trinajstić information content (AvgIpc) is 2.81. The van der Waals surface area contributed by atoms with E-state index in [0.717, 1.165) is 11.4 Å². The molecule has 1 unspecified atom stereocenters. The molecule has 0 saturated heterocycles. The van der Waals surface area contributed by atoms with Crippen molar-refractivity contribution in [2.75, 3.05) is 5.32 Å². The highest BCUT2D eigenvalue weighted by atomic mass is 35.5. The largest absolute Gasteiger partial charge is 0.467 e. The molecule has 0 spiro atoms. The van der Waals surface area contributed by atoms with E-state index in [4.69, 9.17) is 34.0 Å². The molecule has 18 heavy (non-hydrogen) atoms. The van der Waals surface area contributed by atoms with Crippen molar-refractivity contribution in [3.05, 3.63) is 52.9 Å². The van der Waals surface area contributed by atoms with Crippen molar-refractivity contribution in [3.8, 4) is 0 Å². The Hall–Kier alpha value is -1.52. The number of furan rings is 1. The molecule has 3 N–H and O–H groups in total. The minimum Gasteiger partial charge on any atom is -0.467 e. The minimum absolute atomic E-state index is 0.00608. The van der Waals surface area contributed by atoms with Crippen molar-refractivity contribution in [1.29, 1.82) is 0 Å². The number of hydrogen-bond acceptors (Lipinski definition) is 3. The third-order valence-corrected chi connectivity index (χ3v) is 3.12. The molecule has 0 radical (unpaired) electrons. The second kappa shape index (κ2) is 5.42. The van der Waals surface area contributed by atoms with Crippen LogP contribution in [0.15, 0.2) is 41.0 Å². The van der Waals surface area contributed by atoms with Crippen LogP contribution in [0.25, 0.3) is 0 Å². The summed E-state index contributed by atoms with van der Waals surface area (Å²) in [5, 5.41) is 3.83. The Balaban J connectivity index is 2.29. The van der Waals surface area contributed by atoms with Crippen LogP contribution in [0, 0.1) is 0 Å². The van der Waals surface area contributed by atoms with Crippen LogP contribution in [-0.4, -0.2) is 4.99 Å². The van der Waals surface area contributed by atoms with Gasteiger partial charge in [-0.25, -0.2) is 0 Å². The van der Waals surface area contributed by atoms with Crippen LogP contribution in [0.1, 0.15) is 24.3 Å². The molecular weight excluding hydrogens is 268 g/mol. The topological polar surface area (TPSA) is 51.2 Å². The molecule has 1 aromatic heterocycles. The lowest BCUT2D eigenvalue weighted by molar-refractivity contribution is 0.490. The first-order chi connectivity index (χ1) is 8.59. The number of anilines is 1. The highest BCUT2D eigenvalue weighted by molar-refractivity contribution is 7.80. The highest BCUT2D eigenvalue weighted by Crippen LogP contribution is 2.27. The van der Waals surface area contributed by atoms with Gasteiger partial charge in [0.25, 0.3) is 0 Å². The van der Waals surface area contributed by atoms with Gasteiger partial charge >= 0.3 is 0 Å². The highest BCUT2D eigenvalue weighted by Gasteiger charge is 2.13. The van der Waals surface area contributed by atoms with E-state index in [9.17, 15) is 0 Å². The van der Waals surface area contributed by atoms with Crippen LogP contribution >= 0.6 is 23.8 Å². The normalized spacial score (nSPS) is 12.1. The fourth-order valence-corrected chi connectivity index (χ4v) is 2.29. The van der Waals surface area contributed by atoms with E-state index in [0.29, 0.717) is 10.6 Å². The van der Waals surface area contributed by atoms with Gasteiger partial charge in [-0.15, -0.1) is 0 Å². The van der Waals surface area contributed by atoms with Crippen LogP contribution < -0.4 is 11.1 Å². The summed E-state index contributed by atoms with van der Waals surface area (Å²) in [7, 11) is 0. The molecule has 2 aromatic rings. The fraction of sp³-hybridized carbons (Fsp3) is 0.154. The maximum absolute atomic E-state index is 6.10. The first-order valence-corrected chi connectivity index (χ1v) is 6.26. The lowest BCUT2D eigenvalue weighted by Crippen LogP contribution is -2.15. The molecule has 0 amide bonds. The van der Waals surface area contributed by atoms with Gasteiger partial charge in [0.05, 0.1) is 22.9 Å². The third kappa shape index (κ3) is 2.66. The van der Waals surface area contributed by atoms with E-state index in [2.05, 4.69) is 5.32 Å². The van der Waals surface area contributed by atoms with Crippen molar-refractivity contribution in [2.45, 2.75) is 13.0 Å². The van der Waals surface area contributed by atoms with E-state index in [1.807, 2.05) is 31.2 Å². The summed E-state index contributed by atoms with van der Waals surface area (Å²) in [4.78, 5) is 0.273. The molecule has 0 aliphatic heterocycles. The van der Waals surface area contributed by atoms with Gasteiger partial charge in [0.2, 0.25) is 0 Å². The molecule has 1 aromatic carbocycles. The zero-order valence-corrected chi connectivity index (χ0v) is 11.4. The molecule has 0 aliphatic carbocycles. The number of nitrogens with two attached hydrogens (primary N) is 1. The van der Waals surface area contributed by atoms with Crippen molar-refractivity contribution >= 4 is 34.5 Å². The molecule has 3 nitrogen and oxygen atoms in total. The van der Waals surface area contributed by atoms with Crippen LogP contribution in [-0.2, 0) is 0 Å². The van der Waals surface area contributed by atoms with Gasteiger partial charge in [0.15, 0.2) is 0 Å².